The van der Waals surface area contributed by atoms with Crippen LogP contribution in [0.3, 0.4) is 0 Å². The normalized spacial score (nSPS) is 11.2. The molecule has 0 bridgehead atoms. The Labute approximate surface area is 233 Å². The summed E-state index contributed by atoms with van der Waals surface area (Å²) >= 11 is 0. The van der Waals surface area contributed by atoms with E-state index >= 15 is 8.78 Å². The van der Waals surface area contributed by atoms with Crippen molar-refractivity contribution >= 4 is 17.0 Å². The number of hydrogen-bond acceptors (Lipinski definition) is 5. The molecule has 0 radical (unpaired) electrons. The quantitative estimate of drug-likeness (QED) is 0.214. The van der Waals surface area contributed by atoms with Gasteiger partial charge in [-0.25, -0.2) is 27.9 Å². The number of aromatic carboxylic acids is 1. The first kappa shape index (κ1) is 27.9. The van der Waals surface area contributed by atoms with E-state index in [1.807, 2.05) is 31.2 Å². The maximum absolute atomic E-state index is 15.4. The van der Waals surface area contributed by atoms with Crippen LogP contribution in [0.1, 0.15) is 32.9 Å². The van der Waals surface area contributed by atoms with Crippen LogP contribution in [0.4, 0.5) is 13.2 Å². The second kappa shape index (κ2) is 11.8. The predicted octanol–water partition coefficient (Wildman–Crippen LogP) is 6.34. The first-order valence-electron chi connectivity index (χ1n) is 12.8. The molecule has 0 aliphatic carbocycles. The van der Waals surface area contributed by atoms with Gasteiger partial charge in [-0.3, -0.25) is 0 Å². The van der Waals surface area contributed by atoms with E-state index in [2.05, 4.69) is 9.97 Å². The van der Waals surface area contributed by atoms with Gasteiger partial charge in [0.2, 0.25) is 5.88 Å². The van der Waals surface area contributed by atoms with Gasteiger partial charge in [0.25, 0.3) is 0 Å². The van der Waals surface area contributed by atoms with Crippen molar-refractivity contribution in [3.8, 4) is 17.1 Å². The summed E-state index contributed by atoms with van der Waals surface area (Å²) in [7, 11) is 1.48. The second-order valence-corrected chi connectivity index (χ2v) is 9.54. The molecule has 5 aromatic rings. The van der Waals surface area contributed by atoms with Crippen molar-refractivity contribution in [1.82, 2.24) is 14.5 Å². The summed E-state index contributed by atoms with van der Waals surface area (Å²) in [6, 6.07) is 17.0. The van der Waals surface area contributed by atoms with Crippen molar-refractivity contribution in [2.24, 2.45) is 0 Å². The highest BCUT2D eigenvalue weighted by Crippen LogP contribution is 2.29. The fourth-order valence-corrected chi connectivity index (χ4v) is 4.50. The standard InChI is InChI=1S/C31H26F3N3O4/c1-18-6-8-19(9-7-18)17-41-29-5-3-4-26(35-29)22-16-23(32)20(12-24(22)33)15-28-36-30-25(34)13-21(31(38)39)14-27(30)37(28)10-11-40-2/h3-9,12-14,16H,10-11,15,17H2,1-2H3,(H,38,39). The molecule has 0 amide bonds. The molecule has 0 spiro atoms. The number of benzene rings is 3. The number of aromatic nitrogens is 3. The maximum Gasteiger partial charge on any atom is 0.335 e. The minimum Gasteiger partial charge on any atom is -0.478 e. The maximum atomic E-state index is 15.4. The Hall–Kier alpha value is -4.70. The highest BCUT2D eigenvalue weighted by atomic mass is 19.1. The molecule has 1 N–H and O–H groups in total. The summed E-state index contributed by atoms with van der Waals surface area (Å²) in [4.78, 5) is 20.1. The van der Waals surface area contributed by atoms with E-state index in [9.17, 15) is 14.3 Å². The number of nitrogens with zero attached hydrogens (tertiary/aromatic N) is 3. The van der Waals surface area contributed by atoms with Crippen LogP contribution in [0, 0.1) is 24.4 Å². The molecule has 0 aliphatic rings. The number of carboxylic acids is 1. The van der Waals surface area contributed by atoms with Crippen LogP contribution >= 0.6 is 0 Å². The van der Waals surface area contributed by atoms with Crippen LogP contribution in [0.25, 0.3) is 22.3 Å². The third-order valence-corrected chi connectivity index (χ3v) is 6.64. The van der Waals surface area contributed by atoms with E-state index in [1.165, 1.54) is 13.2 Å². The van der Waals surface area contributed by atoms with Crippen LogP contribution in [-0.2, 0) is 24.3 Å². The zero-order chi connectivity index (χ0) is 29.1. The van der Waals surface area contributed by atoms with Crippen molar-refractivity contribution in [2.45, 2.75) is 26.5 Å². The molecule has 210 valence electrons. The highest BCUT2D eigenvalue weighted by Gasteiger charge is 2.20. The SMILES string of the molecule is COCCn1c(Cc2cc(F)c(-c3cccc(OCc4ccc(C)cc4)n3)cc2F)nc2c(F)cc(C(=O)O)cc21. The van der Waals surface area contributed by atoms with Crippen molar-refractivity contribution in [3.05, 3.63) is 112 Å². The zero-order valence-corrected chi connectivity index (χ0v) is 22.3. The number of rotatable bonds is 10. The molecular weight excluding hydrogens is 535 g/mol. The van der Waals surface area contributed by atoms with Gasteiger partial charge in [0.15, 0.2) is 5.82 Å². The van der Waals surface area contributed by atoms with Gasteiger partial charge in [-0.1, -0.05) is 35.9 Å². The minimum atomic E-state index is -1.30. The van der Waals surface area contributed by atoms with Crippen LogP contribution in [0.15, 0.2) is 66.7 Å². The summed E-state index contributed by atoms with van der Waals surface area (Å²) in [5.74, 6) is -3.03. The molecule has 0 aliphatic heterocycles. The van der Waals surface area contributed by atoms with Gasteiger partial charge in [-0.15, -0.1) is 0 Å². The lowest BCUT2D eigenvalue weighted by Crippen LogP contribution is -2.10. The molecule has 2 heterocycles. The number of carbonyl (C=O) groups is 1. The average molecular weight is 562 g/mol. The first-order valence-corrected chi connectivity index (χ1v) is 12.8. The van der Waals surface area contributed by atoms with Crippen molar-refractivity contribution in [1.29, 1.82) is 0 Å². The monoisotopic (exact) mass is 561 g/mol. The van der Waals surface area contributed by atoms with Crippen molar-refractivity contribution in [2.75, 3.05) is 13.7 Å². The topological polar surface area (TPSA) is 86.5 Å². The Kier molecular flexibility index (Phi) is 8.02. The molecule has 3 aromatic carbocycles. The molecule has 0 saturated heterocycles. The first-order chi connectivity index (χ1) is 19.7. The lowest BCUT2D eigenvalue weighted by molar-refractivity contribution is 0.0696. The summed E-state index contributed by atoms with van der Waals surface area (Å²) in [5.41, 5.74) is 2.12. The number of fused-ring (bicyclic) bond motifs is 1. The Morgan fingerprint density at radius 2 is 1.73 bits per heavy atom. The van der Waals surface area contributed by atoms with Crippen LogP contribution in [-0.4, -0.2) is 39.3 Å². The van der Waals surface area contributed by atoms with E-state index in [4.69, 9.17) is 9.47 Å². The molecule has 7 nitrogen and oxygen atoms in total. The van der Waals surface area contributed by atoms with Gasteiger partial charge in [-0.05, 0) is 48.4 Å². The van der Waals surface area contributed by atoms with E-state index < -0.39 is 23.4 Å². The van der Waals surface area contributed by atoms with Gasteiger partial charge >= 0.3 is 5.97 Å². The average Bonchev–Trinajstić information content (AvgIpc) is 3.30. The molecule has 0 fully saturated rings. The number of halogens is 3. The zero-order valence-electron chi connectivity index (χ0n) is 22.3. The van der Waals surface area contributed by atoms with Gasteiger partial charge in [0, 0.05) is 31.7 Å². The third-order valence-electron chi connectivity index (χ3n) is 6.64. The van der Waals surface area contributed by atoms with Crippen LogP contribution in [0.2, 0.25) is 0 Å². The number of methoxy groups -OCH3 is 1. The lowest BCUT2D eigenvalue weighted by atomic mass is 10.0. The fourth-order valence-electron chi connectivity index (χ4n) is 4.50. The van der Waals surface area contributed by atoms with Crippen LogP contribution < -0.4 is 4.74 Å². The number of imidazole rings is 1. The van der Waals surface area contributed by atoms with Crippen LogP contribution in [0.5, 0.6) is 5.88 Å². The molecule has 41 heavy (non-hydrogen) atoms. The lowest BCUT2D eigenvalue weighted by Gasteiger charge is -2.12. The van der Waals surface area contributed by atoms with Crippen molar-refractivity contribution in [3.63, 3.8) is 0 Å². The number of carboxylic acid groups (broad SMARTS) is 1. The summed E-state index contributed by atoms with van der Waals surface area (Å²) < 4.78 is 57.9. The Bertz CT molecular complexity index is 1740. The van der Waals surface area contributed by atoms with Gasteiger partial charge in [0.05, 0.1) is 23.4 Å². The Morgan fingerprint density at radius 1 is 0.951 bits per heavy atom. The van der Waals surface area contributed by atoms with Gasteiger partial charge in [0.1, 0.15) is 29.6 Å². The highest BCUT2D eigenvalue weighted by molar-refractivity contribution is 5.92. The molecular formula is C31H26F3N3O4. The van der Waals surface area contributed by atoms with E-state index in [0.717, 1.165) is 29.3 Å². The molecule has 5 rings (SSSR count). The van der Waals surface area contributed by atoms with E-state index in [1.54, 1.807) is 22.8 Å². The molecule has 10 heteroatoms. The third kappa shape index (κ3) is 6.07. The summed E-state index contributed by atoms with van der Waals surface area (Å²) in [6.45, 7) is 2.67. The van der Waals surface area contributed by atoms with E-state index in [-0.39, 0.29) is 71.3 Å². The number of pyridine rings is 1. The summed E-state index contributed by atoms with van der Waals surface area (Å²) in [5, 5.41) is 9.35. The van der Waals surface area contributed by atoms with Crippen molar-refractivity contribution < 1.29 is 32.5 Å². The van der Waals surface area contributed by atoms with Gasteiger partial charge < -0.3 is 19.1 Å². The fraction of sp³-hybridized carbons (Fsp3) is 0.194. The number of hydrogen-bond donors (Lipinski definition) is 1. The largest absolute Gasteiger partial charge is 0.478 e. The molecule has 2 aromatic heterocycles. The molecule has 0 atom stereocenters. The summed E-state index contributed by atoms with van der Waals surface area (Å²) in [6.07, 6.45) is -0.170. The smallest absolute Gasteiger partial charge is 0.335 e. The predicted molar refractivity (Wildman–Crippen MR) is 146 cm³/mol. The number of ether oxygens (including phenoxy) is 2. The Morgan fingerprint density at radius 3 is 2.46 bits per heavy atom. The van der Waals surface area contributed by atoms with E-state index in [0.29, 0.717) is 0 Å². The molecule has 0 unspecified atom stereocenters. The Balaban J connectivity index is 1.43. The second-order valence-electron chi connectivity index (χ2n) is 9.54. The van der Waals surface area contributed by atoms with Gasteiger partial charge in [-0.2, -0.15) is 0 Å². The minimum absolute atomic E-state index is 0.00846. The molecule has 0 saturated carbocycles. The number of aryl methyl sites for hydroxylation is 1.